The summed E-state index contributed by atoms with van der Waals surface area (Å²) in [4.78, 5) is 1.79. The summed E-state index contributed by atoms with van der Waals surface area (Å²) in [5.74, 6) is 0. The zero-order chi connectivity index (χ0) is 14.0. The van der Waals surface area contributed by atoms with Crippen LogP contribution in [-0.4, -0.2) is 24.3 Å². The van der Waals surface area contributed by atoms with E-state index in [9.17, 15) is 18.3 Å². The standard InChI is InChI=1S/C13H13F3N2O/c14-13(15,16)12-7-10(2-1-9(12)8-17)18-5-3-11(19)4-6-18/h1-2,7,11,19H,3-6H2. The fourth-order valence-corrected chi connectivity index (χ4v) is 2.19. The van der Waals surface area contributed by atoms with E-state index in [0.29, 0.717) is 31.6 Å². The van der Waals surface area contributed by atoms with Crippen LogP contribution in [0.25, 0.3) is 0 Å². The molecule has 3 nitrogen and oxygen atoms in total. The molecule has 0 atom stereocenters. The van der Waals surface area contributed by atoms with Gasteiger partial charge in [-0.1, -0.05) is 0 Å². The molecule has 19 heavy (non-hydrogen) atoms. The molecular weight excluding hydrogens is 257 g/mol. The van der Waals surface area contributed by atoms with Gasteiger partial charge in [0.1, 0.15) is 0 Å². The second-order valence-electron chi connectivity index (χ2n) is 4.56. The highest BCUT2D eigenvalue weighted by molar-refractivity contribution is 5.55. The lowest BCUT2D eigenvalue weighted by Gasteiger charge is -2.31. The summed E-state index contributed by atoms with van der Waals surface area (Å²) in [5.41, 5.74) is -0.829. The molecule has 1 saturated heterocycles. The Morgan fingerprint density at radius 2 is 1.89 bits per heavy atom. The van der Waals surface area contributed by atoms with Gasteiger partial charge in [-0.3, -0.25) is 0 Å². The number of halogens is 3. The van der Waals surface area contributed by atoms with Crippen molar-refractivity contribution >= 4 is 5.69 Å². The molecular formula is C13H13F3N2O. The topological polar surface area (TPSA) is 47.3 Å². The number of rotatable bonds is 1. The van der Waals surface area contributed by atoms with Crippen LogP contribution in [0.15, 0.2) is 18.2 Å². The van der Waals surface area contributed by atoms with Crippen LogP contribution in [0.3, 0.4) is 0 Å². The second kappa shape index (κ2) is 5.10. The van der Waals surface area contributed by atoms with Gasteiger partial charge in [0.25, 0.3) is 0 Å². The molecule has 1 heterocycles. The van der Waals surface area contributed by atoms with Crippen LogP contribution in [0, 0.1) is 11.3 Å². The molecule has 6 heteroatoms. The summed E-state index contributed by atoms with van der Waals surface area (Å²) in [5, 5.41) is 18.1. The molecule has 1 aliphatic rings. The van der Waals surface area contributed by atoms with Gasteiger partial charge in [0.15, 0.2) is 0 Å². The third kappa shape index (κ3) is 2.99. The number of alkyl halides is 3. The molecule has 0 amide bonds. The lowest BCUT2D eigenvalue weighted by Crippen LogP contribution is -2.35. The number of hydrogen-bond donors (Lipinski definition) is 1. The van der Waals surface area contributed by atoms with Crippen LogP contribution < -0.4 is 4.90 Å². The van der Waals surface area contributed by atoms with E-state index >= 15 is 0 Å². The maximum atomic E-state index is 12.8. The summed E-state index contributed by atoms with van der Waals surface area (Å²) in [6, 6.07) is 5.29. The highest BCUT2D eigenvalue weighted by Crippen LogP contribution is 2.34. The lowest BCUT2D eigenvalue weighted by molar-refractivity contribution is -0.137. The van der Waals surface area contributed by atoms with Crippen molar-refractivity contribution in [3.05, 3.63) is 29.3 Å². The van der Waals surface area contributed by atoms with Crippen molar-refractivity contribution in [2.24, 2.45) is 0 Å². The van der Waals surface area contributed by atoms with Gasteiger partial charge in [-0.25, -0.2) is 0 Å². The molecule has 0 aliphatic carbocycles. The molecule has 1 fully saturated rings. The number of benzene rings is 1. The Morgan fingerprint density at radius 1 is 1.26 bits per heavy atom. The Labute approximate surface area is 108 Å². The van der Waals surface area contributed by atoms with Crippen molar-refractivity contribution in [3.8, 4) is 6.07 Å². The highest BCUT2D eigenvalue weighted by Gasteiger charge is 2.34. The smallest absolute Gasteiger partial charge is 0.393 e. The maximum absolute atomic E-state index is 12.8. The van der Waals surface area contributed by atoms with Crippen molar-refractivity contribution in [3.63, 3.8) is 0 Å². The molecule has 102 valence electrons. The van der Waals surface area contributed by atoms with Gasteiger partial charge in [-0.15, -0.1) is 0 Å². The third-order valence-corrected chi connectivity index (χ3v) is 3.26. The first-order chi connectivity index (χ1) is 8.91. The van der Waals surface area contributed by atoms with Gasteiger partial charge in [0, 0.05) is 18.8 Å². The quantitative estimate of drug-likeness (QED) is 0.853. The Bertz CT molecular complexity index is 500. The van der Waals surface area contributed by atoms with E-state index in [-0.39, 0.29) is 11.7 Å². The molecule has 0 aromatic heterocycles. The summed E-state index contributed by atoms with van der Waals surface area (Å²) in [6.45, 7) is 1.04. The van der Waals surface area contributed by atoms with Crippen molar-refractivity contribution in [1.29, 1.82) is 5.26 Å². The first kappa shape index (κ1) is 13.7. The Balaban J connectivity index is 2.31. The van der Waals surface area contributed by atoms with E-state index in [2.05, 4.69) is 0 Å². The molecule has 1 aliphatic heterocycles. The number of hydrogen-bond acceptors (Lipinski definition) is 3. The third-order valence-electron chi connectivity index (χ3n) is 3.26. The monoisotopic (exact) mass is 270 g/mol. The number of nitriles is 1. The van der Waals surface area contributed by atoms with Crippen molar-refractivity contribution in [2.45, 2.75) is 25.1 Å². The predicted octanol–water partition coefficient (Wildman–Crippen LogP) is 2.54. The van der Waals surface area contributed by atoms with E-state index in [1.807, 2.05) is 0 Å². The van der Waals surface area contributed by atoms with Crippen LogP contribution in [0.2, 0.25) is 0 Å². The summed E-state index contributed by atoms with van der Waals surface area (Å²) in [6.07, 6.45) is -3.82. The van der Waals surface area contributed by atoms with Gasteiger partial charge in [-0.05, 0) is 31.0 Å². The van der Waals surface area contributed by atoms with Gasteiger partial charge in [0.2, 0.25) is 0 Å². The molecule has 0 radical (unpaired) electrons. The first-order valence-corrected chi connectivity index (χ1v) is 5.96. The zero-order valence-electron chi connectivity index (χ0n) is 10.1. The molecule has 1 aromatic carbocycles. The Kier molecular flexibility index (Phi) is 3.67. The van der Waals surface area contributed by atoms with Gasteiger partial charge < -0.3 is 10.0 Å². The number of nitrogens with zero attached hydrogens (tertiary/aromatic N) is 2. The number of piperidine rings is 1. The molecule has 0 spiro atoms. The van der Waals surface area contributed by atoms with Crippen LogP contribution >= 0.6 is 0 Å². The van der Waals surface area contributed by atoms with Crippen molar-refractivity contribution in [1.82, 2.24) is 0 Å². The molecule has 2 rings (SSSR count). The predicted molar refractivity (Wildman–Crippen MR) is 63.6 cm³/mol. The molecule has 1 N–H and O–H groups in total. The Morgan fingerprint density at radius 3 is 2.42 bits per heavy atom. The molecule has 0 unspecified atom stereocenters. The SMILES string of the molecule is N#Cc1ccc(N2CCC(O)CC2)cc1C(F)(F)F. The van der Waals surface area contributed by atoms with Gasteiger partial charge in [-0.2, -0.15) is 18.4 Å². The van der Waals surface area contributed by atoms with E-state index in [1.165, 1.54) is 12.1 Å². The minimum absolute atomic E-state index is 0.367. The average molecular weight is 270 g/mol. The van der Waals surface area contributed by atoms with Crippen LogP contribution in [0.5, 0.6) is 0 Å². The summed E-state index contributed by atoms with van der Waals surface area (Å²) >= 11 is 0. The fourth-order valence-electron chi connectivity index (χ4n) is 2.19. The van der Waals surface area contributed by atoms with Crippen LogP contribution in [0.4, 0.5) is 18.9 Å². The minimum atomic E-state index is -4.53. The second-order valence-corrected chi connectivity index (χ2v) is 4.56. The normalized spacial score (nSPS) is 17.3. The largest absolute Gasteiger partial charge is 0.417 e. The van der Waals surface area contributed by atoms with Gasteiger partial charge in [0.05, 0.1) is 23.3 Å². The van der Waals surface area contributed by atoms with Gasteiger partial charge >= 0.3 is 6.18 Å². The minimum Gasteiger partial charge on any atom is -0.393 e. The average Bonchev–Trinajstić information content (AvgIpc) is 2.38. The molecule has 0 saturated carbocycles. The van der Waals surface area contributed by atoms with E-state index in [1.54, 1.807) is 11.0 Å². The van der Waals surface area contributed by atoms with Crippen molar-refractivity contribution in [2.75, 3.05) is 18.0 Å². The number of aliphatic hydroxyl groups is 1. The summed E-state index contributed by atoms with van der Waals surface area (Å²) in [7, 11) is 0. The first-order valence-electron chi connectivity index (χ1n) is 5.96. The van der Waals surface area contributed by atoms with Crippen LogP contribution in [-0.2, 0) is 6.18 Å². The Hall–Kier alpha value is -1.74. The molecule has 0 bridgehead atoms. The van der Waals surface area contributed by atoms with E-state index in [0.717, 1.165) is 6.07 Å². The summed E-state index contributed by atoms with van der Waals surface area (Å²) < 4.78 is 38.5. The van der Waals surface area contributed by atoms with Crippen LogP contribution in [0.1, 0.15) is 24.0 Å². The fraction of sp³-hybridized carbons (Fsp3) is 0.462. The van der Waals surface area contributed by atoms with E-state index < -0.39 is 11.7 Å². The lowest BCUT2D eigenvalue weighted by atomic mass is 10.0. The van der Waals surface area contributed by atoms with Crippen molar-refractivity contribution < 1.29 is 18.3 Å². The number of aliphatic hydroxyl groups excluding tert-OH is 1. The maximum Gasteiger partial charge on any atom is 0.417 e. The number of anilines is 1. The molecule has 1 aromatic rings. The zero-order valence-corrected chi connectivity index (χ0v) is 10.1. The van der Waals surface area contributed by atoms with E-state index in [4.69, 9.17) is 5.26 Å². The highest BCUT2D eigenvalue weighted by atomic mass is 19.4.